The van der Waals surface area contributed by atoms with Gasteiger partial charge in [-0.2, -0.15) is 13.2 Å². The van der Waals surface area contributed by atoms with Crippen molar-refractivity contribution in [2.24, 2.45) is 0 Å². The van der Waals surface area contributed by atoms with E-state index in [0.29, 0.717) is 34.9 Å². The number of furan rings is 1. The van der Waals surface area contributed by atoms with Crippen LogP contribution in [0.25, 0.3) is 0 Å². The van der Waals surface area contributed by atoms with Gasteiger partial charge in [0.15, 0.2) is 10.6 Å². The first-order valence-electron chi connectivity index (χ1n) is 10.4. The Balaban J connectivity index is 1.56. The van der Waals surface area contributed by atoms with Gasteiger partial charge in [0.05, 0.1) is 31.2 Å². The summed E-state index contributed by atoms with van der Waals surface area (Å²) in [5.74, 6) is 0.440. The number of hydrogen-bond donors (Lipinski definition) is 0. The minimum atomic E-state index is -4.44. The number of rotatable bonds is 4. The molecule has 1 fully saturated rings. The van der Waals surface area contributed by atoms with Gasteiger partial charge in [0.1, 0.15) is 5.75 Å². The third-order valence-electron chi connectivity index (χ3n) is 6.00. The summed E-state index contributed by atoms with van der Waals surface area (Å²) in [4.78, 5) is 28.9. The topological polar surface area (TPSA) is 63.0 Å². The standard InChI is InChI=1S/C24H19F3N2O4S/c1-32-17-8-9-19-18(13-17)23(29(10-12-34-23)21(30)20-3-2-11-33-20)22(31)28(19)14-15-4-6-16(7-5-15)24(25,26)27/h2-9,11,13H,10,12,14H2,1H3/t23-/m1/s1. The van der Waals surface area contributed by atoms with Gasteiger partial charge in [-0.3, -0.25) is 9.59 Å². The number of benzene rings is 2. The number of amides is 2. The molecule has 2 aromatic carbocycles. The monoisotopic (exact) mass is 488 g/mol. The molecule has 1 aromatic heterocycles. The van der Waals surface area contributed by atoms with Crippen molar-refractivity contribution in [1.82, 2.24) is 4.90 Å². The highest BCUT2D eigenvalue weighted by Gasteiger charge is 2.60. The molecule has 5 rings (SSSR count). The van der Waals surface area contributed by atoms with Crippen LogP contribution >= 0.6 is 11.8 Å². The first-order chi connectivity index (χ1) is 16.3. The second-order valence-electron chi connectivity index (χ2n) is 7.90. The molecule has 0 bridgehead atoms. The molecule has 10 heteroatoms. The molecule has 3 aromatic rings. The summed E-state index contributed by atoms with van der Waals surface area (Å²) in [5, 5.41) is 0. The van der Waals surface area contributed by atoms with Gasteiger partial charge in [-0.25, -0.2) is 0 Å². The molecule has 1 saturated heterocycles. The Kier molecular flexibility index (Phi) is 5.35. The van der Waals surface area contributed by atoms with E-state index in [1.54, 1.807) is 30.3 Å². The number of fused-ring (bicyclic) bond motifs is 2. The molecular formula is C24H19F3N2O4S. The van der Waals surface area contributed by atoms with Gasteiger partial charge in [0, 0.05) is 17.9 Å². The van der Waals surface area contributed by atoms with Crippen molar-refractivity contribution >= 4 is 29.3 Å². The molecule has 0 aliphatic carbocycles. The highest BCUT2D eigenvalue weighted by molar-refractivity contribution is 8.01. The SMILES string of the molecule is COc1ccc2c(c1)[C@@]1(SCCN1C(=O)c1ccco1)C(=O)N2Cc1ccc(C(F)(F)F)cc1. The van der Waals surface area contributed by atoms with Crippen LogP contribution in [0.1, 0.15) is 27.2 Å². The van der Waals surface area contributed by atoms with Crippen molar-refractivity contribution in [3.8, 4) is 5.75 Å². The Morgan fingerprint density at radius 2 is 1.94 bits per heavy atom. The van der Waals surface area contributed by atoms with Gasteiger partial charge in [-0.15, -0.1) is 11.8 Å². The van der Waals surface area contributed by atoms with Crippen LogP contribution in [0.4, 0.5) is 18.9 Å². The van der Waals surface area contributed by atoms with E-state index in [0.717, 1.165) is 12.1 Å². The molecule has 0 radical (unpaired) electrons. The minimum absolute atomic E-state index is 0.0569. The van der Waals surface area contributed by atoms with E-state index >= 15 is 0 Å². The van der Waals surface area contributed by atoms with E-state index in [1.165, 1.54) is 47.1 Å². The van der Waals surface area contributed by atoms with Crippen LogP contribution in [0.2, 0.25) is 0 Å². The van der Waals surface area contributed by atoms with Gasteiger partial charge in [0.25, 0.3) is 11.8 Å². The quantitative estimate of drug-likeness (QED) is 0.523. The van der Waals surface area contributed by atoms with Crippen molar-refractivity contribution in [1.29, 1.82) is 0 Å². The third kappa shape index (κ3) is 3.44. The zero-order valence-corrected chi connectivity index (χ0v) is 18.8. The molecule has 34 heavy (non-hydrogen) atoms. The van der Waals surface area contributed by atoms with Crippen molar-refractivity contribution < 1.29 is 31.9 Å². The van der Waals surface area contributed by atoms with Crippen LogP contribution in [-0.2, 0) is 22.4 Å². The zero-order chi connectivity index (χ0) is 24.1. The van der Waals surface area contributed by atoms with Gasteiger partial charge >= 0.3 is 6.18 Å². The van der Waals surface area contributed by atoms with E-state index < -0.39 is 22.5 Å². The molecule has 1 atom stereocenters. The van der Waals surface area contributed by atoms with Gasteiger partial charge in [-0.1, -0.05) is 12.1 Å². The average Bonchev–Trinajstić information content (AvgIpc) is 3.56. The highest BCUT2D eigenvalue weighted by atomic mass is 32.2. The van der Waals surface area contributed by atoms with E-state index in [4.69, 9.17) is 9.15 Å². The van der Waals surface area contributed by atoms with Crippen LogP contribution in [-0.4, -0.2) is 36.1 Å². The predicted octanol–water partition coefficient (Wildman–Crippen LogP) is 4.90. The number of nitrogens with zero attached hydrogens (tertiary/aromatic N) is 2. The molecule has 2 aliphatic heterocycles. The Morgan fingerprint density at radius 1 is 1.18 bits per heavy atom. The second kappa shape index (κ2) is 8.12. The lowest BCUT2D eigenvalue weighted by molar-refractivity contribution is -0.137. The van der Waals surface area contributed by atoms with Crippen molar-refractivity contribution in [2.45, 2.75) is 17.6 Å². The lowest BCUT2D eigenvalue weighted by Gasteiger charge is -2.32. The first kappa shape index (κ1) is 22.4. The average molecular weight is 488 g/mol. The fraction of sp³-hybridized carbons (Fsp3) is 0.250. The predicted molar refractivity (Wildman–Crippen MR) is 120 cm³/mol. The molecule has 0 saturated carbocycles. The molecular weight excluding hydrogens is 469 g/mol. The molecule has 1 spiro atoms. The number of alkyl halides is 3. The summed E-state index contributed by atoms with van der Waals surface area (Å²) in [6.45, 7) is 0.391. The van der Waals surface area contributed by atoms with E-state index in [9.17, 15) is 22.8 Å². The van der Waals surface area contributed by atoms with Crippen molar-refractivity contribution in [2.75, 3.05) is 24.3 Å². The maximum atomic E-state index is 14.0. The number of hydrogen-bond acceptors (Lipinski definition) is 5. The third-order valence-corrected chi connectivity index (χ3v) is 7.42. The van der Waals surface area contributed by atoms with Crippen molar-refractivity contribution in [3.63, 3.8) is 0 Å². The number of ether oxygens (including phenoxy) is 1. The van der Waals surface area contributed by atoms with Gasteiger partial charge in [0.2, 0.25) is 0 Å². The Bertz CT molecular complexity index is 1240. The largest absolute Gasteiger partial charge is 0.497 e. The van der Waals surface area contributed by atoms with Crippen LogP contribution in [0.15, 0.2) is 65.3 Å². The molecule has 6 nitrogen and oxygen atoms in total. The summed E-state index contributed by atoms with van der Waals surface area (Å²) in [6.07, 6.45) is -3.05. The number of thioether (sulfide) groups is 1. The van der Waals surface area contributed by atoms with Gasteiger partial charge < -0.3 is 19.0 Å². The molecule has 3 heterocycles. The molecule has 0 N–H and O–H groups in total. The number of halogens is 3. The summed E-state index contributed by atoms with van der Waals surface area (Å²) in [5.41, 5.74) is 0.961. The normalized spacial score (nSPS) is 19.7. The summed E-state index contributed by atoms with van der Waals surface area (Å²) >= 11 is 1.34. The first-order valence-corrected chi connectivity index (χ1v) is 11.4. The summed E-state index contributed by atoms with van der Waals surface area (Å²) in [6, 6.07) is 13.0. The Hall–Kier alpha value is -3.40. The van der Waals surface area contributed by atoms with Crippen LogP contribution in [0.3, 0.4) is 0 Å². The van der Waals surface area contributed by atoms with Crippen LogP contribution < -0.4 is 9.64 Å². The minimum Gasteiger partial charge on any atom is -0.497 e. The van der Waals surface area contributed by atoms with E-state index in [2.05, 4.69) is 0 Å². The molecule has 0 unspecified atom stereocenters. The van der Waals surface area contributed by atoms with Crippen molar-refractivity contribution in [3.05, 3.63) is 83.3 Å². The van der Waals surface area contributed by atoms with E-state index in [-0.39, 0.29) is 18.2 Å². The maximum Gasteiger partial charge on any atom is 0.416 e. The lowest BCUT2D eigenvalue weighted by Crippen LogP contribution is -2.50. The van der Waals surface area contributed by atoms with E-state index in [1.807, 2.05) is 0 Å². The number of carbonyl (C=O) groups is 2. The molecule has 2 amide bonds. The number of carbonyl (C=O) groups excluding carboxylic acids is 2. The smallest absolute Gasteiger partial charge is 0.416 e. The van der Waals surface area contributed by atoms with Crippen LogP contribution in [0, 0.1) is 0 Å². The Morgan fingerprint density at radius 3 is 2.59 bits per heavy atom. The molecule has 2 aliphatic rings. The highest BCUT2D eigenvalue weighted by Crippen LogP contribution is 2.55. The van der Waals surface area contributed by atoms with Gasteiger partial charge in [-0.05, 0) is 48.0 Å². The second-order valence-corrected chi connectivity index (χ2v) is 9.18. The summed E-state index contributed by atoms with van der Waals surface area (Å²) in [7, 11) is 1.51. The Labute approximate surface area is 197 Å². The summed E-state index contributed by atoms with van der Waals surface area (Å²) < 4.78 is 49.6. The fourth-order valence-corrected chi connectivity index (χ4v) is 5.85. The van der Waals surface area contributed by atoms with Crippen LogP contribution in [0.5, 0.6) is 5.75 Å². The fourth-order valence-electron chi connectivity index (χ4n) is 4.39. The number of methoxy groups -OCH3 is 1. The number of anilines is 1. The zero-order valence-electron chi connectivity index (χ0n) is 18.0. The maximum absolute atomic E-state index is 14.0. The molecule has 176 valence electrons. The lowest BCUT2D eigenvalue weighted by atomic mass is 10.0.